The molecule has 1 aliphatic rings. The van der Waals surface area contributed by atoms with Crippen LogP contribution in [-0.2, 0) is 0 Å². The van der Waals surface area contributed by atoms with Gasteiger partial charge in [-0.15, -0.1) is 0 Å². The summed E-state index contributed by atoms with van der Waals surface area (Å²) in [6.07, 6.45) is 2.10. The third kappa shape index (κ3) is 2.60. The summed E-state index contributed by atoms with van der Waals surface area (Å²) in [6.45, 7) is 7.34. The first-order valence-corrected chi connectivity index (χ1v) is 7.63. The van der Waals surface area contributed by atoms with Gasteiger partial charge in [-0.1, -0.05) is 25.1 Å². The monoisotopic (exact) mass is 272 g/mol. The smallest absolute Gasteiger partial charge is 0.0940 e. The molecule has 2 aromatic rings. The van der Waals surface area contributed by atoms with E-state index in [-0.39, 0.29) is 0 Å². The molecule has 3 nitrogen and oxygen atoms in total. The summed E-state index contributed by atoms with van der Waals surface area (Å²) < 4.78 is 0. The molecule has 1 aliphatic heterocycles. The van der Waals surface area contributed by atoms with Gasteiger partial charge in [0.25, 0.3) is 0 Å². The molecule has 2 heterocycles. The minimum absolute atomic E-state index is 0.403. The standard InChI is InChI=1S/C17H24N2O/c1-12-7-9-19(10-8-12)11-16(20)17-13(2)18-15-6-4-3-5-14(15)17/h3-6,12,16,18,20H,7-11H2,1-2H3. The number of aromatic nitrogens is 1. The number of nitrogens with one attached hydrogen (secondary N) is 1. The molecule has 3 rings (SSSR count). The first kappa shape index (κ1) is 13.7. The molecule has 20 heavy (non-hydrogen) atoms. The van der Waals surface area contributed by atoms with E-state index in [1.54, 1.807) is 0 Å². The number of likely N-dealkylation sites (tertiary alicyclic amines) is 1. The van der Waals surface area contributed by atoms with E-state index in [1.165, 1.54) is 12.8 Å². The number of nitrogens with zero attached hydrogens (tertiary/aromatic N) is 1. The number of aliphatic hydroxyl groups excluding tert-OH is 1. The molecule has 1 aromatic heterocycles. The molecule has 1 saturated heterocycles. The molecular weight excluding hydrogens is 248 g/mol. The van der Waals surface area contributed by atoms with Crippen LogP contribution in [0.1, 0.15) is 37.1 Å². The van der Waals surface area contributed by atoms with Gasteiger partial charge in [-0.05, 0) is 44.8 Å². The van der Waals surface area contributed by atoms with Crippen molar-refractivity contribution in [2.45, 2.75) is 32.8 Å². The lowest BCUT2D eigenvalue weighted by Crippen LogP contribution is -2.36. The Morgan fingerprint density at radius 3 is 2.75 bits per heavy atom. The normalized spacial score (nSPS) is 19.6. The van der Waals surface area contributed by atoms with Crippen molar-refractivity contribution < 1.29 is 5.11 Å². The molecule has 0 bridgehead atoms. The number of aromatic amines is 1. The Morgan fingerprint density at radius 2 is 2.00 bits per heavy atom. The Labute approximate surface area is 120 Å². The number of hydrogen-bond donors (Lipinski definition) is 2. The second-order valence-electron chi connectivity index (χ2n) is 6.21. The largest absolute Gasteiger partial charge is 0.387 e. The minimum Gasteiger partial charge on any atom is -0.387 e. The second kappa shape index (κ2) is 5.58. The van der Waals surface area contributed by atoms with Crippen LogP contribution in [0.4, 0.5) is 0 Å². The fraction of sp³-hybridized carbons (Fsp3) is 0.529. The van der Waals surface area contributed by atoms with Crippen molar-refractivity contribution >= 4 is 10.9 Å². The minimum atomic E-state index is -0.403. The van der Waals surface area contributed by atoms with E-state index in [2.05, 4.69) is 35.9 Å². The maximum Gasteiger partial charge on any atom is 0.0940 e. The zero-order valence-corrected chi connectivity index (χ0v) is 12.4. The molecule has 108 valence electrons. The summed E-state index contributed by atoms with van der Waals surface area (Å²) in [5.74, 6) is 0.832. The van der Waals surface area contributed by atoms with Crippen molar-refractivity contribution in [3.05, 3.63) is 35.5 Å². The van der Waals surface area contributed by atoms with E-state index in [9.17, 15) is 5.11 Å². The summed E-state index contributed by atoms with van der Waals surface area (Å²) in [7, 11) is 0. The van der Waals surface area contributed by atoms with Crippen LogP contribution in [0, 0.1) is 12.8 Å². The SMILES string of the molecule is Cc1[nH]c2ccccc2c1C(O)CN1CCC(C)CC1. The zero-order valence-electron chi connectivity index (χ0n) is 12.4. The first-order valence-electron chi connectivity index (χ1n) is 7.63. The maximum atomic E-state index is 10.6. The number of H-pyrrole nitrogens is 1. The fourth-order valence-corrected chi connectivity index (χ4v) is 3.31. The second-order valence-corrected chi connectivity index (χ2v) is 6.21. The molecule has 0 amide bonds. The number of piperidine rings is 1. The van der Waals surface area contributed by atoms with Gasteiger partial charge in [-0.3, -0.25) is 0 Å². The van der Waals surface area contributed by atoms with Crippen LogP contribution in [0.3, 0.4) is 0 Å². The maximum absolute atomic E-state index is 10.6. The molecular formula is C17H24N2O. The van der Waals surface area contributed by atoms with Crippen LogP contribution in [0.5, 0.6) is 0 Å². The lowest BCUT2D eigenvalue weighted by Gasteiger charge is -2.31. The van der Waals surface area contributed by atoms with Crippen molar-refractivity contribution in [1.29, 1.82) is 0 Å². The number of benzene rings is 1. The van der Waals surface area contributed by atoms with Gasteiger partial charge in [0.15, 0.2) is 0 Å². The average Bonchev–Trinajstić information content (AvgIpc) is 2.77. The highest BCUT2D eigenvalue weighted by atomic mass is 16.3. The molecule has 3 heteroatoms. The number of β-amino-alcohol motifs (C(OH)–C–C–N with tert-alkyl or cyclic N) is 1. The molecule has 2 N–H and O–H groups in total. The number of fused-ring (bicyclic) bond motifs is 1. The van der Waals surface area contributed by atoms with Gasteiger partial charge < -0.3 is 15.0 Å². The van der Waals surface area contributed by atoms with E-state index in [0.717, 1.165) is 47.7 Å². The van der Waals surface area contributed by atoms with E-state index < -0.39 is 6.10 Å². The van der Waals surface area contributed by atoms with Gasteiger partial charge >= 0.3 is 0 Å². The van der Waals surface area contributed by atoms with Gasteiger partial charge in [0, 0.05) is 28.7 Å². The Bertz CT molecular complexity index is 582. The van der Waals surface area contributed by atoms with E-state index in [4.69, 9.17) is 0 Å². The zero-order chi connectivity index (χ0) is 14.1. The number of aliphatic hydroxyl groups is 1. The predicted molar refractivity (Wildman–Crippen MR) is 82.8 cm³/mol. The Balaban J connectivity index is 1.78. The van der Waals surface area contributed by atoms with E-state index >= 15 is 0 Å². The Hall–Kier alpha value is -1.32. The highest BCUT2D eigenvalue weighted by molar-refractivity contribution is 5.84. The molecule has 1 aromatic carbocycles. The van der Waals surface area contributed by atoms with Crippen molar-refractivity contribution in [3.63, 3.8) is 0 Å². The number of para-hydroxylation sites is 1. The highest BCUT2D eigenvalue weighted by Gasteiger charge is 2.22. The lowest BCUT2D eigenvalue weighted by molar-refractivity contribution is 0.0921. The first-order chi connectivity index (χ1) is 9.65. The van der Waals surface area contributed by atoms with E-state index in [1.807, 2.05) is 12.1 Å². The van der Waals surface area contributed by atoms with Gasteiger partial charge in [-0.2, -0.15) is 0 Å². The summed E-state index contributed by atoms with van der Waals surface area (Å²) in [6, 6.07) is 8.23. The van der Waals surface area contributed by atoms with Gasteiger partial charge in [0.1, 0.15) is 0 Å². The lowest BCUT2D eigenvalue weighted by atomic mass is 9.98. The van der Waals surface area contributed by atoms with Crippen LogP contribution in [-0.4, -0.2) is 34.6 Å². The Kier molecular flexibility index (Phi) is 3.81. The average molecular weight is 272 g/mol. The molecule has 0 radical (unpaired) electrons. The molecule has 0 aliphatic carbocycles. The number of hydrogen-bond acceptors (Lipinski definition) is 2. The van der Waals surface area contributed by atoms with Crippen LogP contribution in [0.25, 0.3) is 10.9 Å². The van der Waals surface area contributed by atoms with Crippen molar-refractivity contribution in [2.75, 3.05) is 19.6 Å². The van der Waals surface area contributed by atoms with Gasteiger partial charge in [0.05, 0.1) is 6.10 Å². The van der Waals surface area contributed by atoms with Crippen LogP contribution < -0.4 is 0 Å². The number of rotatable bonds is 3. The van der Waals surface area contributed by atoms with E-state index in [0.29, 0.717) is 0 Å². The summed E-state index contributed by atoms with van der Waals surface area (Å²) in [4.78, 5) is 5.77. The third-order valence-corrected chi connectivity index (χ3v) is 4.58. The molecule has 0 spiro atoms. The van der Waals surface area contributed by atoms with Crippen LogP contribution >= 0.6 is 0 Å². The molecule has 1 atom stereocenters. The predicted octanol–water partition coefficient (Wildman–Crippen LogP) is 3.24. The quantitative estimate of drug-likeness (QED) is 0.900. The van der Waals surface area contributed by atoms with Crippen molar-refractivity contribution in [3.8, 4) is 0 Å². The van der Waals surface area contributed by atoms with Gasteiger partial charge in [0.2, 0.25) is 0 Å². The Morgan fingerprint density at radius 1 is 1.30 bits per heavy atom. The molecule has 1 fully saturated rings. The van der Waals surface area contributed by atoms with Crippen molar-refractivity contribution in [2.24, 2.45) is 5.92 Å². The highest BCUT2D eigenvalue weighted by Crippen LogP contribution is 2.29. The molecule has 1 unspecified atom stereocenters. The van der Waals surface area contributed by atoms with Crippen LogP contribution in [0.15, 0.2) is 24.3 Å². The summed E-state index contributed by atoms with van der Waals surface area (Å²) >= 11 is 0. The fourth-order valence-electron chi connectivity index (χ4n) is 3.31. The molecule has 0 saturated carbocycles. The summed E-state index contributed by atoms with van der Waals surface area (Å²) in [5, 5.41) is 11.8. The van der Waals surface area contributed by atoms with Gasteiger partial charge in [-0.25, -0.2) is 0 Å². The van der Waals surface area contributed by atoms with Crippen LogP contribution in [0.2, 0.25) is 0 Å². The summed E-state index contributed by atoms with van der Waals surface area (Å²) in [5.41, 5.74) is 3.27. The van der Waals surface area contributed by atoms with Crippen molar-refractivity contribution in [1.82, 2.24) is 9.88 Å². The topological polar surface area (TPSA) is 39.3 Å². The number of aryl methyl sites for hydroxylation is 1. The third-order valence-electron chi connectivity index (χ3n) is 4.58.